The maximum Gasteiger partial charge on any atom is 0.349 e. The first-order valence-corrected chi connectivity index (χ1v) is 8.68. The molecule has 0 aliphatic heterocycles. The molecule has 8 heteroatoms. The van der Waals surface area contributed by atoms with E-state index in [4.69, 9.17) is 0 Å². The largest absolute Gasteiger partial charge is 0.465 e. The number of benzene rings is 1. The zero-order valence-electron chi connectivity index (χ0n) is 11.5. The topological polar surface area (TPSA) is 85.4 Å². The fraction of sp³-hybridized carbons (Fsp3) is 0.231. The van der Waals surface area contributed by atoms with Gasteiger partial charge in [0.25, 0.3) is 0 Å². The van der Waals surface area contributed by atoms with Crippen molar-refractivity contribution in [2.45, 2.75) is 11.4 Å². The Balaban J connectivity index is 2.00. The van der Waals surface area contributed by atoms with Crippen LogP contribution in [0.4, 0.5) is 5.13 Å². The molecule has 1 aromatic heterocycles. The molecular weight excluding hydrogens is 312 g/mol. The van der Waals surface area contributed by atoms with Crippen LogP contribution in [0.1, 0.15) is 15.2 Å². The zero-order chi connectivity index (χ0) is 15.5. The lowest BCUT2D eigenvalue weighted by Gasteiger charge is -2.04. The van der Waals surface area contributed by atoms with Crippen LogP contribution in [-0.2, 0) is 21.1 Å². The van der Waals surface area contributed by atoms with Gasteiger partial charge >= 0.3 is 5.97 Å². The molecule has 0 amide bonds. The van der Waals surface area contributed by atoms with Crippen molar-refractivity contribution in [1.82, 2.24) is 4.98 Å². The molecule has 112 valence electrons. The molecule has 6 nitrogen and oxygen atoms in total. The Hall–Kier alpha value is -1.93. The summed E-state index contributed by atoms with van der Waals surface area (Å²) in [5.74, 6) is -0.418. The van der Waals surface area contributed by atoms with Crippen molar-refractivity contribution in [2.24, 2.45) is 0 Å². The highest BCUT2D eigenvalue weighted by molar-refractivity contribution is 7.90. The van der Waals surface area contributed by atoms with E-state index in [9.17, 15) is 13.2 Å². The first-order valence-electron chi connectivity index (χ1n) is 5.97. The van der Waals surface area contributed by atoms with Crippen molar-refractivity contribution in [3.8, 4) is 0 Å². The zero-order valence-corrected chi connectivity index (χ0v) is 13.1. The summed E-state index contributed by atoms with van der Waals surface area (Å²) in [7, 11) is -1.86. The number of aromatic nitrogens is 1. The van der Waals surface area contributed by atoms with Crippen molar-refractivity contribution in [3.05, 3.63) is 40.9 Å². The second-order valence-corrected chi connectivity index (χ2v) is 7.34. The van der Waals surface area contributed by atoms with E-state index in [1.54, 1.807) is 24.3 Å². The molecule has 1 N–H and O–H groups in total. The molecule has 0 aliphatic carbocycles. The van der Waals surface area contributed by atoms with E-state index >= 15 is 0 Å². The van der Waals surface area contributed by atoms with Gasteiger partial charge in [-0.25, -0.2) is 18.2 Å². The normalized spacial score (nSPS) is 11.1. The summed E-state index contributed by atoms with van der Waals surface area (Å²) in [6.07, 6.45) is 2.62. The van der Waals surface area contributed by atoms with Gasteiger partial charge < -0.3 is 10.1 Å². The maximum absolute atomic E-state index is 11.4. The molecule has 1 heterocycles. The summed E-state index contributed by atoms with van der Waals surface area (Å²) >= 11 is 1.20. The first-order chi connectivity index (χ1) is 9.90. The fourth-order valence-electron chi connectivity index (χ4n) is 1.58. The van der Waals surface area contributed by atoms with E-state index in [-0.39, 0.29) is 4.90 Å². The number of nitrogens with one attached hydrogen (secondary N) is 1. The van der Waals surface area contributed by atoms with Crippen molar-refractivity contribution in [1.29, 1.82) is 0 Å². The van der Waals surface area contributed by atoms with E-state index in [0.29, 0.717) is 16.6 Å². The van der Waals surface area contributed by atoms with Crippen molar-refractivity contribution >= 4 is 32.3 Å². The third kappa shape index (κ3) is 4.02. The van der Waals surface area contributed by atoms with Crippen LogP contribution in [0.15, 0.2) is 35.4 Å². The van der Waals surface area contributed by atoms with E-state index in [1.165, 1.54) is 30.9 Å². The Morgan fingerprint density at radius 2 is 2.00 bits per heavy atom. The van der Waals surface area contributed by atoms with Gasteiger partial charge in [-0.3, -0.25) is 0 Å². The van der Waals surface area contributed by atoms with Crippen LogP contribution < -0.4 is 5.32 Å². The maximum atomic E-state index is 11.4. The van der Waals surface area contributed by atoms with Crippen LogP contribution in [0, 0.1) is 0 Å². The van der Waals surface area contributed by atoms with Crippen LogP contribution in [0.5, 0.6) is 0 Å². The summed E-state index contributed by atoms with van der Waals surface area (Å²) in [6, 6.07) is 6.60. The molecule has 0 spiro atoms. The molecular formula is C13H14N2O4S2. The number of hydrogen-bond donors (Lipinski definition) is 1. The third-order valence-electron chi connectivity index (χ3n) is 2.69. The minimum atomic E-state index is -3.18. The number of sulfone groups is 1. The Labute approximate surface area is 126 Å². The lowest BCUT2D eigenvalue weighted by Crippen LogP contribution is -2.01. The summed E-state index contributed by atoms with van der Waals surface area (Å²) < 4.78 is 27.3. The van der Waals surface area contributed by atoms with Crippen LogP contribution in [-0.4, -0.2) is 32.7 Å². The molecule has 21 heavy (non-hydrogen) atoms. The molecule has 0 fully saturated rings. The number of esters is 1. The Morgan fingerprint density at radius 3 is 2.57 bits per heavy atom. The Morgan fingerprint density at radius 1 is 1.33 bits per heavy atom. The number of nitrogens with zero attached hydrogens (tertiary/aromatic N) is 1. The number of hydrogen-bond acceptors (Lipinski definition) is 7. The lowest BCUT2D eigenvalue weighted by molar-refractivity contribution is 0.0606. The van der Waals surface area contributed by atoms with Crippen LogP contribution in [0.2, 0.25) is 0 Å². The van der Waals surface area contributed by atoms with Gasteiger partial charge in [-0.15, -0.1) is 0 Å². The smallest absolute Gasteiger partial charge is 0.349 e. The fourth-order valence-corrected chi connectivity index (χ4v) is 2.94. The monoisotopic (exact) mass is 326 g/mol. The predicted molar refractivity (Wildman–Crippen MR) is 80.3 cm³/mol. The van der Waals surface area contributed by atoms with Crippen molar-refractivity contribution in [2.75, 3.05) is 18.7 Å². The second kappa shape index (κ2) is 6.23. The Kier molecular flexibility index (Phi) is 4.59. The number of carbonyl (C=O) groups is 1. The summed E-state index contributed by atoms with van der Waals surface area (Å²) in [4.78, 5) is 16.1. The molecule has 1 aromatic carbocycles. The number of methoxy groups -OCH3 is 1. The number of ether oxygens (including phenoxy) is 1. The molecule has 0 saturated heterocycles. The standard InChI is InChI=1S/C13H14N2O4S2/c1-19-12(16)11-8-15-13(20-11)14-7-9-3-5-10(6-4-9)21(2,17)18/h3-6,8H,7H2,1-2H3,(H,14,15). The third-order valence-corrected chi connectivity index (χ3v) is 4.75. The van der Waals surface area contributed by atoms with Gasteiger partial charge in [0, 0.05) is 12.8 Å². The minimum Gasteiger partial charge on any atom is -0.465 e. The van der Waals surface area contributed by atoms with E-state index in [2.05, 4.69) is 15.0 Å². The van der Waals surface area contributed by atoms with Crippen molar-refractivity contribution in [3.63, 3.8) is 0 Å². The highest BCUT2D eigenvalue weighted by atomic mass is 32.2. The van der Waals surface area contributed by atoms with Crippen LogP contribution in [0.3, 0.4) is 0 Å². The van der Waals surface area contributed by atoms with Gasteiger partial charge in [0.2, 0.25) is 0 Å². The summed E-state index contributed by atoms with van der Waals surface area (Å²) in [5.41, 5.74) is 0.914. The van der Waals surface area contributed by atoms with Gasteiger partial charge in [-0.1, -0.05) is 23.5 Å². The van der Waals surface area contributed by atoms with Gasteiger partial charge in [0.05, 0.1) is 18.2 Å². The van der Waals surface area contributed by atoms with Gasteiger partial charge in [0.15, 0.2) is 15.0 Å². The van der Waals surface area contributed by atoms with Crippen LogP contribution in [0.25, 0.3) is 0 Å². The lowest BCUT2D eigenvalue weighted by atomic mass is 10.2. The quantitative estimate of drug-likeness (QED) is 0.845. The van der Waals surface area contributed by atoms with Gasteiger partial charge in [-0.2, -0.15) is 0 Å². The first kappa shape index (κ1) is 15.5. The van der Waals surface area contributed by atoms with E-state index in [0.717, 1.165) is 5.56 Å². The summed E-state index contributed by atoms with van der Waals surface area (Å²) in [5, 5.41) is 3.67. The molecule has 0 unspecified atom stereocenters. The molecule has 2 aromatic rings. The summed E-state index contributed by atoms with van der Waals surface area (Å²) in [6.45, 7) is 0.484. The van der Waals surface area contributed by atoms with Crippen LogP contribution >= 0.6 is 11.3 Å². The molecule has 2 rings (SSSR count). The molecule has 0 atom stereocenters. The van der Waals surface area contributed by atoms with Gasteiger partial charge in [0.1, 0.15) is 4.88 Å². The second-order valence-electron chi connectivity index (χ2n) is 4.29. The highest BCUT2D eigenvalue weighted by Gasteiger charge is 2.10. The molecule has 0 aliphatic rings. The minimum absolute atomic E-state index is 0.286. The molecule has 0 bridgehead atoms. The predicted octanol–water partition coefficient (Wildman–Crippen LogP) is 1.95. The molecule has 0 saturated carbocycles. The van der Waals surface area contributed by atoms with Crippen molar-refractivity contribution < 1.29 is 17.9 Å². The Bertz CT molecular complexity index is 736. The highest BCUT2D eigenvalue weighted by Crippen LogP contribution is 2.19. The van der Waals surface area contributed by atoms with E-state index in [1.807, 2.05) is 0 Å². The average molecular weight is 326 g/mol. The average Bonchev–Trinajstić information content (AvgIpc) is 2.92. The SMILES string of the molecule is COC(=O)c1cnc(NCc2ccc(S(C)(=O)=O)cc2)s1. The number of anilines is 1. The van der Waals surface area contributed by atoms with Gasteiger partial charge in [-0.05, 0) is 17.7 Å². The van der Waals surface area contributed by atoms with E-state index < -0.39 is 15.8 Å². The number of carbonyl (C=O) groups excluding carboxylic acids is 1. The molecule has 0 radical (unpaired) electrons. The number of thiazole rings is 1. The number of rotatable bonds is 5.